The van der Waals surface area contributed by atoms with E-state index in [2.05, 4.69) is 0 Å². The number of hydrogen-bond acceptors (Lipinski definition) is 4. The fraction of sp³-hybridized carbons (Fsp3) is 0. The molecule has 1 heterocycles. The average molecular weight is 453 g/mol. The first kappa shape index (κ1) is 19.6. The van der Waals surface area contributed by atoms with Gasteiger partial charge in [0.1, 0.15) is 0 Å². The molecule has 0 aliphatic rings. The van der Waals surface area contributed by atoms with Gasteiger partial charge in [-0.25, -0.2) is 9.78 Å². The molecule has 5 heteroatoms. The second kappa shape index (κ2) is 6.81. The first-order chi connectivity index (χ1) is 17.1. The van der Waals surface area contributed by atoms with Gasteiger partial charge in [-0.3, -0.25) is 9.59 Å². The molecular formula is C30H15NO4. The summed E-state index contributed by atoms with van der Waals surface area (Å²) in [6.07, 6.45) is 0. The van der Waals surface area contributed by atoms with Crippen molar-refractivity contribution in [2.75, 3.05) is 0 Å². The molecule has 0 aliphatic heterocycles. The first-order valence-electron chi connectivity index (χ1n) is 11.2. The van der Waals surface area contributed by atoms with Crippen LogP contribution >= 0.6 is 0 Å². The number of nitrogens with zero attached hydrogens (tertiary/aromatic N) is 1. The Balaban J connectivity index is 1.85. The minimum absolute atomic E-state index is 0.114. The molecule has 35 heavy (non-hydrogen) atoms. The molecular weight excluding hydrogens is 438 g/mol. The quantitative estimate of drug-likeness (QED) is 0.357. The third-order valence-corrected chi connectivity index (χ3v) is 6.91. The maximum atomic E-state index is 13.7. The normalized spacial score (nSPS) is 11.9. The van der Waals surface area contributed by atoms with Crippen LogP contribution in [0.25, 0.3) is 65.3 Å². The summed E-state index contributed by atoms with van der Waals surface area (Å²) in [5.41, 5.74) is 1.72. The molecule has 0 atom stereocenters. The van der Waals surface area contributed by atoms with Crippen LogP contribution in [0.4, 0.5) is 0 Å². The lowest BCUT2D eigenvalue weighted by molar-refractivity contribution is 0.0699. The number of aromatic nitrogens is 1. The SMILES string of the molecule is O=C(O)c1cccc2cccc(-c3c4c(=O)c5ccccc5c4nc4c3c(=O)c3ccccc34)c12. The first-order valence-corrected chi connectivity index (χ1v) is 11.2. The van der Waals surface area contributed by atoms with E-state index in [0.717, 1.165) is 0 Å². The highest BCUT2D eigenvalue weighted by Crippen LogP contribution is 2.41. The molecule has 6 aromatic carbocycles. The van der Waals surface area contributed by atoms with E-state index in [9.17, 15) is 19.5 Å². The van der Waals surface area contributed by atoms with Crippen molar-refractivity contribution in [3.8, 4) is 11.1 Å². The number of carbonyl (C=O) groups is 1. The van der Waals surface area contributed by atoms with Crippen molar-refractivity contribution in [2.45, 2.75) is 0 Å². The molecule has 0 aliphatic carbocycles. The topological polar surface area (TPSA) is 84.3 Å². The van der Waals surface area contributed by atoms with E-state index in [1.807, 2.05) is 42.5 Å². The van der Waals surface area contributed by atoms with E-state index in [4.69, 9.17) is 4.98 Å². The largest absolute Gasteiger partial charge is 0.478 e. The van der Waals surface area contributed by atoms with Gasteiger partial charge in [0.05, 0.1) is 27.4 Å². The fourth-order valence-electron chi connectivity index (χ4n) is 5.46. The minimum Gasteiger partial charge on any atom is -0.478 e. The Labute approximate surface area is 197 Å². The molecule has 0 radical (unpaired) electrons. The van der Waals surface area contributed by atoms with Gasteiger partial charge < -0.3 is 5.11 Å². The van der Waals surface area contributed by atoms with Crippen molar-refractivity contribution >= 4 is 60.1 Å². The van der Waals surface area contributed by atoms with Crippen molar-refractivity contribution in [1.29, 1.82) is 0 Å². The molecule has 0 fully saturated rings. The van der Waals surface area contributed by atoms with Crippen LogP contribution in [0.1, 0.15) is 10.4 Å². The average Bonchev–Trinajstić information content (AvgIpc) is 3.34. The Morgan fingerprint density at radius 3 is 1.66 bits per heavy atom. The van der Waals surface area contributed by atoms with E-state index in [1.165, 1.54) is 0 Å². The number of pyridine rings is 1. The van der Waals surface area contributed by atoms with Gasteiger partial charge in [-0.2, -0.15) is 0 Å². The molecule has 0 bridgehead atoms. The molecule has 1 aromatic heterocycles. The molecule has 0 spiro atoms. The molecule has 7 rings (SSSR count). The van der Waals surface area contributed by atoms with E-state index in [-0.39, 0.29) is 16.4 Å². The summed E-state index contributed by atoms with van der Waals surface area (Å²) in [7, 11) is 0. The van der Waals surface area contributed by atoms with E-state index < -0.39 is 5.97 Å². The Bertz CT molecular complexity index is 2020. The Morgan fingerprint density at radius 2 is 1.11 bits per heavy atom. The van der Waals surface area contributed by atoms with Crippen LogP contribution in [0.15, 0.2) is 94.5 Å². The zero-order valence-electron chi connectivity index (χ0n) is 18.2. The van der Waals surface area contributed by atoms with Crippen LogP contribution in [-0.2, 0) is 0 Å². The maximum absolute atomic E-state index is 13.7. The maximum Gasteiger partial charge on any atom is 0.336 e. The summed E-state index contributed by atoms with van der Waals surface area (Å²) >= 11 is 0. The number of aromatic carboxylic acids is 1. The van der Waals surface area contributed by atoms with Crippen LogP contribution in [0.3, 0.4) is 0 Å². The monoisotopic (exact) mass is 453 g/mol. The lowest BCUT2D eigenvalue weighted by Crippen LogP contribution is -2.04. The molecule has 0 unspecified atom stereocenters. The number of carboxylic acid groups (broad SMARTS) is 1. The fourth-order valence-corrected chi connectivity index (χ4v) is 5.46. The minimum atomic E-state index is -1.07. The van der Waals surface area contributed by atoms with E-state index in [1.54, 1.807) is 42.5 Å². The van der Waals surface area contributed by atoms with Gasteiger partial charge in [-0.1, -0.05) is 78.9 Å². The van der Waals surface area contributed by atoms with Crippen molar-refractivity contribution in [1.82, 2.24) is 4.98 Å². The highest BCUT2D eigenvalue weighted by Gasteiger charge is 2.25. The summed E-state index contributed by atoms with van der Waals surface area (Å²) in [6, 6.07) is 25.1. The number of benzene rings is 4. The van der Waals surface area contributed by atoms with Crippen LogP contribution in [0, 0.1) is 0 Å². The molecule has 0 saturated carbocycles. The number of hydrogen-bond donors (Lipinski definition) is 1. The van der Waals surface area contributed by atoms with Gasteiger partial charge in [0.25, 0.3) is 0 Å². The highest BCUT2D eigenvalue weighted by molar-refractivity contribution is 6.27. The van der Waals surface area contributed by atoms with Gasteiger partial charge in [0.2, 0.25) is 0 Å². The standard InChI is InChI=1S/C30H15NO4/c32-28-18-11-3-1-9-16(18)26-24(28)23(25-27(31-26)17-10-2-4-12-19(17)29(25)33)20-13-5-7-15-8-6-14-21(22(15)20)30(34)35/h1-14H,(H,34,35). The molecule has 7 aromatic rings. The van der Waals surface area contributed by atoms with Crippen molar-refractivity contribution in [3.05, 3.63) is 111 Å². The van der Waals surface area contributed by atoms with Gasteiger partial charge in [-0.15, -0.1) is 0 Å². The third kappa shape index (κ3) is 2.47. The van der Waals surface area contributed by atoms with Crippen molar-refractivity contribution in [3.63, 3.8) is 0 Å². The summed E-state index contributed by atoms with van der Waals surface area (Å²) in [4.78, 5) is 44.6. The van der Waals surface area contributed by atoms with E-state index in [0.29, 0.717) is 65.3 Å². The summed E-state index contributed by atoms with van der Waals surface area (Å²) in [6.45, 7) is 0. The number of carboxylic acids is 1. The summed E-state index contributed by atoms with van der Waals surface area (Å²) < 4.78 is 0. The highest BCUT2D eigenvalue weighted by atomic mass is 16.4. The molecule has 0 amide bonds. The zero-order chi connectivity index (χ0) is 23.8. The number of rotatable bonds is 2. The molecule has 164 valence electrons. The second-order valence-corrected chi connectivity index (χ2v) is 8.70. The third-order valence-electron chi connectivity index (χ3n) is 6.91. The van der Waals surface area contributed by atoms with Crippen molar-refractivity contribution in [2.24, 2.45) is 0 Å². The molecule has 1 N–H and O–H groups in total. The van der Waals surface area contributed by atoms with Crippen LogP contribution in [0.2, 0.25) is 0 Å². The van der Waals surface area contributed by atoms with Crippen LogP contribution in [-0.4, -0.2) is 16.1 Å². The van der Waals surface area contributed by atoms with Gasteiger partial charge in [-0.05, 0) is 17.0 Å². The molecule has 0 saturated heterocycles. The summed E-state index contributed by atoms with van der Waals surface area (Å²) in [5.74, 6) is -1.07. The summed E-state index contributed by atoms with van der Waals surface area (Å²) in [5, 5.41) is 14.4. The van der Waals surface area contributed by atoms with Crippen LogP contribution in [0.5, 0.6) is 0 Å². The second-order valence-electron chi connectivity index (χ2n) is 8.70. The van der Waals surface area contributed by atoms with Crippen LogP contribution < -0.4 is 10.9 Å². The zero-order valence-corrected chi connectivity index (χ0v) is 18.2. The predicted molar refractivity (Wildman–Crippen MR) is 139 cm³/mol. The Kier molecular flexibility index (Phi) is 3.80. The Hall–Kier alpha value is -4.90. The van der Waals surface area contributed by atoms with Crippen molar-refractivity contribution < 1.29 is 9.90 Å². The molecule has 5 nitrogen and oxygen atoms in total. The van der Waals surface area contributed by atoms with Gasteiger partial charge >= 0.3 is 5.97 Å². The Morgan fingerprint density at radius 1 is 0.600 bits per heavy atom. The smallest absolute Gasteiger partial charge is 0.336 e. The predicted octanol–water partition coefficient (Wildman–Crippen LogP) is 5.81. The van der Waals surface area contributed by atoms with Gasteiger partial charge in [0.15, 0.2) is 10.9 Å². The van der Waals surface area contributed by atoms with E-state index >= 15 is 0 Å². The lowest BCUT2D eigenvalue weighted by atomic mass is 9.91. The lowest BCUT2D eigenvalue weighted by Gasteiger charge is -2.12. The van der Waals surface area contributed by atoms with Gasteiger partial charge in [0, 0.05) is 32.5 Å². The number of fused-ring (bicyclic) bond motifs is 7.